The molecule has 2 aromatic rings. The molecule has 4 heteroatoms. The highest BCUT2D eigenvalue weighted by Crippen LogP contribution is 2.16. The van der Waals surface area contributed by atoms with E-state index < -0.39 is 5.82 Å². The molecule has 3 nitrogen and oxygen atoms in total. The number of nitriles is 1. The minimum Gasteiger partial charge on any atom is -0.489 e. The Morgan fingerprint density at radius 2 is 2.00 bits per heavy atom. The van der Waals surface area contributed by atoms with Crippen molar-refractivity contribution in [3.63, 3.8) is 0 Å². The second-order valence-electron chi connectivity index (χ2n) is 4.24. The van der Waals surface area contributed by atoms with E-state index in [-0.39, 0.29) is 12.2 Å². The average molecular weight is 280 g/mol. The van der Waals surface area contributed by atoms with Crippen molar-refractivity contribution < 1.29 is 9.13 Å². The molecule has 0 unspecified atom stereocenters. The Kier molecular flexibility index (Phi) is 4.93. The zero-order valence-corrected chi connectivity index (χ0v) is 11.3. The predicted molar refractivity (Wildman–Crippen MR) is 77.8 cm³/mol. The molecule has 0 amide bonds. The molecule has 2 rings (SSSR count). The Bertz CT molecular complexity index is 738. The normalized spacial score (nSPS) is 9.38. The highest BCUT2D eigenvalue weighted by Gasteiger charge is 2.04. The van der Waals surface area contributed by atoms with Gasteiger partial charge in [0.25, 0.3) is 0 Å². The van der Waals surface area contributed by atoms with Gasteiger partial charge in [0.15, 0.2) is 0 Å². The van der Waals surface area contributed by atoms with Gasteiger partial charge in [-0.1, -0.05) is 24.0 Å². The van der Waals surface area contributed by atoms with Gasteiger partial charge in [-0.05, 0) is 30.3 Å². The number of nitrogens with two attached hydrogens (primary N) is 1. The van der Waals surface area contributed by atoms with Crippen LogP contribution in [-0.2, 0) is 6.61 Å². The number of hydrogen-bond acceptors (Lipinski definition) is 3. The molecule has 0 aromatic heterocycles. The van der Waals surface area contributed by atoms with Gasteiger partial charge in [0, 0.05) is 11.1 Å². The summed E-state index contributed by atoms with van der Waals surface area (Å²) in [5.41, 5.74) is 6.79. The van der Waals surface area contributed by atoms with Crippen LogP contribution in [-0.4, -0.2) is 6.54 Å². The van der Waals surface area contributed by atoms with Gasteiger partial charge in [-0.2, -0.15) is 5.26 Å². The van der Waals surface area contributed by atoms with Crippen LogP contribution in [0.25, 0.3) is 0 Å². The summed E-state index contributed by atoms with van der Waals surface area (Å²) in [5.74, 6) is 5.81. The minimum atomic E-state index is -0.451. The summed E-state index contributed by atoms with van der Waals surface area (Å²) in [5, 5.41) is 8.69. The molecule has 0 spiro atoms. The van der Waals surface area contributed by atoms with E-state index in [9.17, 15) is 4.39 Å². The monoisotopic (exact) mass is 280 g/mol. The number of nitrogens with zero attached hydrogens (tertiary/aromatic N) is 1. The topological polar surface area (TPSA) is 59.0 Å². The van der Waals surface area contributed by atoms with Crippen molar-refractivity contribution in [1.82, 2.24) is 0 Å². The molecule has 104 valence electrons. The summed E-state index contributed by atoms with van der Waals surface area (Å²) in [6.07, 6.45) is 0. The van der Waals surface area contributed by atoms with E-state index in [2.05, 4.69) is 11.8 Å². The lowest BCUT2D eigenvalue weighted by atomic mass is 10.1. The molecule has 2 aromatic carbocycles. The van der Waals surface area contributed by atoms with Gasteiger partial charge in [-0.3, -0.25) is 0 Å². The van der Waals surface area contributed by atoms with Gasteiger partial charge in [-0.15, -0.1) is 0 Å². The number of rotatable bonds is 3. The lowest BCUT2D eigenvalue weighted by Crippen LogP contribution is -1.99. The first-order valence-electron chi connectivity index (χ1n) is 6.33. The van der Waals surface area contributed by atoms with Crippen LogP contribution in [0.4, 0.5) is 4.39 Å². The van der Waals surface area contributed by atoms with E-state index in [0.717, 1.165) is 5.56 Å². The van der Waals surface area contributed by atoms with E-state index in [1.807, 2.05) is 18.2 Å². The zero-order valence-electron chi connectivity index (χ0n) is 11.3. The van der Waals surface area contributed by atoms with Crippen molar-refractivity contribution in [2.24, 2.45) is 5.73 Å². The molecular formula is C17H13FN2O. The smallest absolute Gasteiger partial charge is 0.131 e. The molecule has 0 atom stereocenters. The average Bonchev–Trinajstić information content (AvgIpc) is 2.52. The van der Waals surface area contributed by atoms with E-state index >= 15 is 0 Å². The van der Waals surface area contributed by atoms with Crippen molar-refractivity contribution in [1.29, 1.82) is 5.26 Å². The molecule has 0 aliphatic rings. The maximum absolute atomic E-state index is 13.7. The van der Waals surface area contributed by atoms with Crippen LogP contribution in [0, 0.1) is 29.0 Å². The highest BCUT2D eigenvalue weighted by atomic mass is 19.1. The van der Waals surface area contributed by atoms with Crippen molar-refractivity contribution in [2.45, 2.75) is 6.61 Å². The highest BCUT2D eigenvalue weighted by molar-refractivity contribution is 5.40. The molecule has 0 aliphatic carbocycles. The predicted octanol–water partition coefficient (Wildman–Crippen LogP) is 2.59. The fraction of sp³-hybridized carbons (Fsp3) is 0.118. The lowest BCUT2D eigenvalue weighted by molar-refractivity contribution is 0.300. The fourth-order valence-electron chi connectivity index (χ4n) is 1.71. The Morgan fingerprint density at radius 1 is 1.14 bits per heavy atom. The van der Waals surface area contributed by atoms with Gasteiger partial charge in [0.1, 0.15) is 18.2 Å². The van der Waals surface area contributed by atoms with E-state index in [4.69, 9.17) is 15.7 Å². The van der Waals surface area contributed by atoms with Gasteiger partial charge in [0.2, 0.25) is 0 Å². The summed E-state index contributed by atoms with van der Waals surface area (Å²) in [6, 6.07) is 13.4. The van der Waals surface area contributed by atoms with Crippen molar-refractivity contribution in [3.8, 4) is 23.7 Å². The lowest BCUT2D eigenvalue weighted by Gasteiger charge is -2.07. The van der Waals surface area contributed by atoms with Crippen LogP contribution in [0.15, 0.2) is 42.5 Å². The Morgan fingerprint density at radius 3 is 2.71 bits per heavy atom. The number of halogens is 1. The molecule has 0 heterocycles. The van der Waals surface area contributed by atoms with Crippen LogP contribution in [0.5, 0.6) is 5.75 Å². The van der Waals surface area contributed by atoms with Crippen LogP contribution in [0.1, 0.15) is 16.7 Å². The largest absolute Gasteiger partial charge is 0.489 e. The molecule has 0 saturated heterocycles. The quantitative estimate of drug-likeness (QED) is 0.879. The fourth-order valence-corrected chi connectivity index (χ4v) is 1.71. The van der Waals surface area contributed by atoms with Gasteiger partial charge in [0.05, 0.1) is 18.2 Å². The van der Waals surface area contributed by atoms with E-state index in [1.165, 1.54) is 6.07 Å². The minimum absolute atomic E-state index is 0.0886. The first-order valence-corrected chi connectivity index (χ1v) is 6.33. The standard InChI is InChI=1S/C17H13FN2O/c18-17-10-14(11-20)6-7-15(17)12-21-16-5-1-3-13(9-16)4-2-8-19/h1,3,5-7,9-10H,8,12,19H2. The molecule has 0 radical (unpaired) electrons. The van der Waals surface area contributed by atoms with Crippen LogP contribution >= 0.6 is 0 Å². The van der Waals surface area contributed by atoms with Gasteiger partial charge in [-0.25, -0.2) is 4.39 Å². The second-order valence-corrected chi connectivity index (χ2v) is 4.24. The molecule has 2 N–H and O–H groups in total. The van der Waals surface area contributed by atoms with E-state index in [1.54, 1.807) is 24.3 Å². The third-order valence-corrected chi connectivity index (χ3v) is 2.75. The molecule has 0 saturated carbocycles. The molecule has 0 fully saturated rings. The van der Waals surface area contributed by atoms with E-state index in [0.29, 0.717) is 17.9 Å². The number of ether oxygens (including phenoxy) is 1. The third-order valence-electron chi connectivity index (χ3n) is 2.75. The van der Waals surface area contributed by atoms with Crippen LogP contribution < -0.4 is 10.5 Å². The van der Waals surface area contributed by atoms with Crippen LogP contribution in [0.2, 0.25) is 0 Å². The maximum atomic E-state index is 13.7. The first kappa shape index (κ1) is 14.6. The van der Waals surface area contributed by atoms with Crippen molar-refractivity contribution >= 4 is 0 Å². The summed E-state index contributed by atoms with van der Waals surface area (Å²) >= 11 is 0. The van der Waals surface area contributed by atoms with Gasteiger partial charge < -0.3 is 10.5 Å². The summed E-state index contributed by atoms with van der Waals surface area (Å²) in [6.45, 7) is 0.382. The number of benzene rings is 2. The molecule has 21 heavy (non-hydrogen) atoms. The zero-order chi connectivity index (χ0) is 15.1. The van der Waals surface area contributed by atoms with Crippen LogP contribution in [0.3, 0.4) is 0 Å². The second kappa shape index (κ2) is 7.09. The van der Waals surface area contributed by atoms with Gasteiger partial charge >= 0.3 is 0 Å². The Balaban J connectivity index is 2.08. The molecular weight excluding hydrogens is 267 g/mol. The summed E-state index contributed by atoms with van der Waals surface area (Å²) in [4.78, 5) is 0. The first-order chi connectivity index (χ1) is 10.2. The third kappa shape index (κ3) is 4.07. The number of hydrogen-bond donors (Lipinski definition) is 1. The Labute approximate surface area is 122 Å². The maximum Gasteiger partial charge on any atom is 0.131 e. The SMILES string of the molecule is N#Cc1ccc(COc2cccc(C#CCN)c2)c(F)c1. The molecule has 0 bridgehead atoms. The summed E-state index contributed by atoms with van der Waals surface area (Å²) in [7, 11) is 0. The van der Waals surface area contributed by atoms with Crippen molar-refractivity contribution in [2.75, 3.05) is 6.54 Å². The Hall–Kier alpha value is -2.82. The summed E-state index contributed by atoms with van der Waals surface area (Å²) < 4.78 is 19.3. The van der Waals surface area contributed by atoms with Crippen molar-refractivity contribution in [3.05, 3.63) is 65.0 Å². The molecule has 0 aliphatic heterocycles.